The van der Waals surface area contributed by atoms with E-state index in [9.17, 15) is 14.7 Å². The van der Waals surface area contributed by atoms with Crippen molar-refractivity contribution in [2.24, 2.45) is 11.1 Å². The van der Waals surface area contributed by atoms with Gasteiger partial charge in [0.05, 0.1) is 18.1 Å². The number of halogens is 1. The van der Waals surface area contributed by atoms with Crippen molar-refractivity contribution in [3.8, 4) is 0 Å². The standard InChI is InChI=1S/C11H18N2O4.BI.H2S/c12-9(16)8(5-14)13-6-11(10(13)17)3-1-7(15)2-4-11;1-2;/h7-8,14-15H,1-6H2,(H2,12,16);;1H2/t7?,8-,11?;;/m0../s1. The van der Waals surface area contributed by atoms with Crippen LogP contribution in [0.5, 0.6) is 0 Å². The molecule has 2 amide bonds. The molecule has 0 unspecified atom stereocenters. The summed E-state index contributed by atoms with van der Waals surface area (Å²) in [7, 11) is 0. The van der Waals surface area contributed by atoms with Gasteiger partial charge in [-0.3, -0.25) is 9.59 Å². The molecule has 2 radical (unpaired) electrons. The summed E-state index contributed by atoms with van der Waals surface area (Å²) in [4.78, 5) is 24.5. The molecule has 1 spiro atoms. The van der Waals surface area contributed by atoms with Crippen molar-refractivity contribution >= 4 is 53.4 Å². The molecule has 1 heterocycles. The summed E-state index contributed by atoms with van der Waals surface area (Å²) in [6.45, 7) is 0.0342. The Morgan fingerprint density at radius 3 is 2.35 bits per heavy atom. The van der Waals surface area contributed by atoms with Crippen molar-refractivity contribution in [2.75, 3.05) is 13.2 Å². The van der Waals surface area contributed by atoms with Gasteiger partial charge in [-0.1, -0.05) is 0 Å². The van der Waals surface area contributed by atoms with Gasteiger partial charge in [0.2, 0.25) is 11.8 Å². The van der Waals surface area contributed by atoms with E-state index in [1.165, 1.54) is 4.90 Å². The number of aliphatic hydroxyl groups is 2. The molecule has 1 atom stereocenters. The molecule has 20 heavy (non-hydrogen) atoms. The SMILES string of the molecule is NC(=O)[C@H](CO)N1CC2(CCC(O)CC2)C1=O.S.[B]I. The molecule has 2 fully saturated rings. The zero-order chi connectivity index (χ0) is 14.6. The molecule has 1 saturated heterocycles. The van der Waals surface area contributed by atoms with Crippen molar-refractivity contribution < 1.29 is 19.8 Å². The Kier molecular flexibility index (Phi) is 8.45. The Morgan fingerprint density at radius 1 is 1.50 bits per heavy atom. The number of likely N-dealkylation sites (tertiary alicyclic amines) is 1. The van der Waals surface area contributed by atoms with E-state index in [1.54, 1.807) is 22.4 Å². The fourth-order valence-electron chi connectivity index (χ4n) is 2.80. The third-order valence-corrected chi connectivity index (χ3v) is 3.98. The Balaban J connectivity index is 0.00000115. The van der Waals surface area contributed by atoms with Gasteiger partial charge in [0.1, 0.15) is 6.04 Å². The van der Waals surface area contributed by atoms with Crippen molar-refractivity contribution in [3.63, 3.8) is 0 Å². The van der Waals surface area contributed by atoms with Crippen LogP contribution in [0.15, 0.2) is 0 Å². The highest BCUT2D eigenvalue weighted by Gasteiger charge is 2.55. The van der Waals surface area contributed by atoms with Crippen LogP contribution in [0.2, 0.25) is 0 Å². The molecule has 0 aromatic rings. The minimum absolute atomic E-state index is 0. The predicted octanol–water partition coefficient (Wildman–Crippen LogP) is -0.786. The molecule has 1 saturated carbocycles. The van der Waals surface area contributed by atoms with E-state index in [2.05, 4.69) is 5.70 Å². The van der Waals surface area contributed by atoms with Crippen LogP contribution in [0, 0.1) is 5.41 Å². The van der Waals surface area contributed by atoms with Gasteiger partial charge in [-0.05, 0) is 25.7 Å². The monoisotopic (exact) mass is 414 g/mol. The van der Waals surface area contributed by atoms with E-state index in [0.717, 1.165) is 0 Å². The first kappa shape index (κ1) is 20.0. The Labute approximate surface area is 140 Å². The van der Waals surface area contributed by atoms with Crippen LogP contribution < -0.4 is 5.73 Å². The zero-order valence-corrected chi connectivity index (χ0v) is 14.2. The highest BCUT2D eigenvalue weighted by molar-refractivity contribution is 14.1. The number of β-lactam (4-membered cyclic amide) rings is 1. The quantitative estimate of drug-likeness (QED) is 0.320. The third-order valence-electron chi connectivity index (χ3n) is 3.98. The minimum atomic E-state index is -0.903. The highest BCUT2D eigenvalue weighted by Crippen LogP contribution is 2.45. The fourth-order valence-corrected chi connectivity index (χ4v) is 2.80. The molecule has 2 rings (SSSR count). The molecule has 0 bridgehead atoms. The van der Waals surface area contributed by atoms with Gasteiger partial charge in [0.25, 0.3) is 0 Å². The Morgan fingerprint density at radius 2 is 2.00 bits per heavy atom. The third kappa shape index (κ3) is 3.80. The largest absolute Gasteiger partial charge is 0.394 e. The van der Waals surface area contributed by atoms with Crippen LogP contribution in [-0.2, 0) is 9.59 Å². The summed E-state index contributed by atoms with van der Waals surface area (Å²) in [5.41, 5.74) is 9.18. The Bertz CT molecular complexity index is 353. The van der Waals surface area contributed by atoms with E-state index in [4.69, 9.17) is 10.8 Å². The smallest absolute Gasteiger partial charge is 0.242 e. The second kappa shape index (κ2) is 8.45. The first-order valence-corrected chi connectivity index (χ1v) is 7.36. The van der Waals surface area contributed by atoms with Gasteiger partial charge < -0.3 is 20.8 Å². The van der Waals surface area contributed by atoms with Crippen molar-refractivity contribution in [2.45, 2.75) is 37.8 Å². The summed E-state index contributed by atoms with van der Waals surface area (Å²) in [6.07, 6.45) is 2.24. The Hall–Kier alpha value is 0.00494. The van der Waals surface area contributed by atoms with Crippen LogP contribution in [0.1, 0.15) is 25.7 Å². The normalized spacial score (nSPS) is 29.6. The molecule has 0 aromatic heterocycles. The minimum Gasteiger partial charge on any atom is -0.394 e. The maximum Gasteiger partial charge on any atom is 0.242 e. The lowest BCUT2D eigenvalue weighted by Crippen LogP contribution is -2.68. The summed E-state index contributed by atoms with van der Waals surface area (Å²) in [5, 5.41) is 18.5. The van der Waals surface area contributed by atoms with E-state index in [0.29, 0.717) is 32.2 Å². The first-order valence-electron chi connectivity index (χ1n) is 6.11. The number of nitrogens with zero attached hydrogens (tertiary/aromatic N) is 1. The summed E-state index contributed by atoms with van der Waals surface area (Å²) in [5.74, 6) is -0.784. The topological polar surface area (TPSA) is 104 Å². The number of amides is 2. The van der Waals surface area contributed by atoms with E-state index in [-0.39, 0.29) is 25.5 Å². The molecule has 1 aliphatic carbocycles. The van der Waals surface area contributed by atoms with E-state index < -0.39 is 24.0 Å². The predicted molar refractivity (Wildman–Crippen MR) is 88.8 cm³/mol. The number of carbonyl (C=O) groups is 2. The van der Waals surface area contributed by atoms with Crippen LogP contribution in [0.3, 0.4) is 0 Å². The number of aliphatic hydroxyl groups excluding tert-OH is 2. The van der Waals surface area contributed by atoms with E-state index >= 15 is 0 Å². The molecule has 0 aromatic carbocycles. The average molecular weight is 414 g/mol. The van der Waals surface area contributed by atoms with Gasteiger partial charge in [0.15, 0.2) is 5.70 Å². The van der Waals surface area contributed by atoms with Crippen LogP contribution >= 0.6 is 35.9 Å². The van der Waals surface area contributed by atoms with Crippen LogP contribution in [0.4, 0.5) is 0 Å². The van der Waals surface area contributed by atoms with Crippen LogP contribution in [0.25, 0.3) is 0 Å². The second-order valence-corrected chi connectivity index (χ2v) is 5.05. The molecular weight excluding hydrogens is 394 g/mol. The number of rotatable bonds is 3. The van der Waals surface area contributed by atoms with E-state index in [1.807, 2.05) is 0 Å². The lowest BCUT2D eigenvalue weighted by Gasteiger charge is -2.53. The number of hydrogen-bond acceptors (Lipinski definition) is 4. The first-order chi connectivity index (χ1) is 9.00. The molecular formula is C11H20BIN2O4S. The molecule has 114 valence electrons. The van der Waals surface area contributed by atoms with Crippen LogP contribution in [-0.4, -0.2) is 57.9 Å². The number of primary amides is 1. The average Bonchev–Trinajstić information content (AvgIpc) is 2.42. The van der Waals surface area contributed by atoms with Crippen molar-refractivity contribution in [1.29, 1.82) is 0 Å². The molecule has 4 N–H and O–H groups in total. The summed E-state index contributed by atoms with van der Waals surface area (Å²) in [6, 6.07) is -0.903. The number of nitrogens with two attached hydrogens (primary N) is 1. The van der Waals surface area contributed by atoms with Gasteiger partial charge in [-0.25, -0.2) is 0 Å². The maximum absolute atomic E-state index is 12.1. The van der Waals surface area contributed by atoms with Gasteiger partial charge in [-0.2, -0.15) is 35.9 Å². The lowest BCUT2D eigenvalue weighted by atomic mass is 9.66. The molecule has 9 heteroatoms. The number of hydrogen-bond donors (Lipinski definition) is 3. The summed E-state index contributed by atoms with van der Waals surface area (Å²) >= 11 is 1.65. The molecule has 2 aliphatic rings. The van der Waals surface area contributed by atoms with Gasteiger partial charge in [0, 0.05) is 6.54 Å². The molecule has 1 aliphatic heterocycles. The van der Waals surface area contributed by atoms with Gasteiger partial charge in [-0.15, -0.1) is 0 Å². The maximum atomic E-state index is 12.1. The lowest BCUT2D eigenvalue weighted by molar-refractivity contribution is -0.174. The zero-order valence-electron chi connectivity index (χ0n) is 11.1. The van der Waals surface area contributed by atoms with Crippen molar-refractivity contribution in [3.05, 3.63) is 0 Å². The highest BCUT2D eigenvalue weighted by atomic mass is 127. The molecule has 6 nitrogen and oxygen atoms in total. The summed E-state index contributed by atoms with van der Waals surface area (Å²) < 4.78 is 0. The number of carbonyl (C=O) groups excluding carboxylic acids is 2. The fraction of sp³-hybridized carbons (Fsp3) is 0.818. The van der Waals surface area contributed by atoms with Crippen molar-refractivity contribution in [1.82, 2.24) is 4.90 Å². The second-order valence-electron chi connectivity index (χ2n) is 5.05. The van der Waals surface area contributed by atoms with Gasteiger partial charge >= 0.3 is 0 Å².